The first-order chi connectivity index (χ1) is 30.8. The summed E-state index contributed by atoms with van der Waals surface area (Å²) in [6.45, 7) is 6.01. The highest BCUT2D eigenvalue weighted by atomic mass is 16.4. The standard InChI is InChI=1S/C39H64N10O17/c1-16(2)27(35(61)47-29(20(6)53)38(64)49-12-8-9-24(49)33(59)41-17(3)30(56)44-23(15-51)39(65)66)45-36(62)28(19(5)52)46-32(58)22(14-50)43-34(60)25-10-7-11-48(25)37(63)18(4)42-31(57)21(40)13-26(54)55/h16-25,27-29,50-53H,7-15,40H2,1-6H3,(H,41,59)(H,42,57)(H,43,60)(H,44,56)(H,45,62)(H,46,58)(H,47,61)(H,54,55)(H,65,66)/t17-,18-,19+,20+,21-,22-,23-,24-,25-,27-,28-,29-/m0/s1. The van der Waals surface area contributed by atoms with E-state index in [4.69, 9.17) is 15.9 Å². The van der Waals surface area contributed by atoms with Gasteiger partial charge in [0.1, 0.15) is 54.4 Å². The molecule has 2 heterocycles. The van der Waals surface area contributed by atoms with Crippen LogP contribution in [-0.2, 0) is 52.7 Å². The molecule has 2 aliphatic rings. The van der Waals surface area contributed by atoms with Gasteiger partial charge < -0.3 is 83.4 Å². The average Bonchev–Trinajstić information content (AvgIpc) is 3.94. The van der Waals surface area contributed by atoms with Crippen molar-refractivity contribution in [3.8, 4) is 0 Å². The van der Waals surface area contributed by atoms with Gasteiger partial charge in [0.05, 0.1) is 37.9 Å². The van der Waals surface area contributed by atoms with Gasteiger partial charge in [-0.05, 0) is 59.3 Å². The topological polar surface area (TPSA) is 426 Å². The fraction of sp³-hybridized carbons (Fsp3) is 0.718. The number of carbonyl (C=O) groups is 11. The number of carbonyl (C=O) groups excluding carboxylic acids is 9. The lowest BCUT2D eigenvalue weighted by Crippen LogP contribution is -2.63. The Morgan fingerprint density at radius 1 is 0.545 bits per heavy atom. The molecule has 2 saturated heterocycles. The maximum absolute atomic E-state index is 13.8. The molecular weight excluding hydrogens is 880 g/mol. The Kier molecular flexibility index (Phi) is 21.8. The molecule has 27 nitrogen and oxygen atoms in total. The maximum atomic E-state index is 13.8. The van der Waals surface area contributed by atoms with Crippen molar-refractivity contribution in [3.63, 3.8) is 0 Å². The Morgan fingerprint density at radius 3 is 1.48 bits per heavy atom. The third kappa shape index (κ3) is 15.6. The van der Waals surface area contributed by atoms with E-state index in [-0.39, 0.29) is 25.9 Å². The monoisotopic (exact) mass is 944 g/mol. The summed E-state index contributed by atoms with van der Waals surface area (Å²) in [7, 11) is 0. The van der Waals surface area contributed by atoms with Gasteiger partial charge in [0.15, 0.2) is 0 Å². The Hall–Kier alpha value is -6.03. The number of carboxylic acid groups (broad SMARTS) is 2. The number of carboxylic acids is 2. The van der Waals surface area contributed by atoms with Gasteiger partial charge >= 0.3 is 11.9 Å². The normalized spacial score (nSPS) is 20.4. The Balaban J connectivity index is 2.14. The number of aliphatic hydroxyl groups excluding tert-OH is 4. The molecule has 372 valence electrons. The Bertz CT molecular complexity index is 1820. The minimum absolute atomic E-state index is 0.000633. The predicted octanol–water partition coefficient (Wildman–Crippen LogP) is -7.31. The van der Waals surface area contributed by atoms with Crippen LogP contribution in [0, 0.1) is 5.92 Å². The van der Waals surface area contributed by atoms with Crippen molar-refractivity contribution in [2.45, 2.75) is 146 Å². The highest BCUT2D eigenvalue weighted by Gasteiger charge is 2.42. The van der Waals surface area contributed by atoms with Crippen molar-refractivity contribution in [1.82, 2.24) is 47.0 Å². The van der Waals surface area contributed by atoms with Crippen molar-refractivity contribution in [3.05, 3.63) is 0 Å². The molecule has 2 fully saturated rings. The van der Waals surface area contributed by atoms with E-state index in [1.54, 1.807) is 0 Å². The van der Waals surface area contributed by atoms with Crippen LogP contribution in [0.1, 0.15) is 73.6 Å². The quantitative estimate of drug-likeness (QED) is 0.0427. The molecule has 0 aromatic heterocycles. The summed E-state index contributed by atoms with van der Waals surface area (Å²) in [5.74, 6) is -12.0. The van der Waals surface area contributed by atoms with Crippen LogP contribution in [0.5, 0.6) is 0 Å². The number of likely N-dealkylation sites (tertiary alicyclic amines) is 2. The number of nitrogens with two attached hydrogens (primary N) is 1. The van der Waals surface area contributed by atoms with Crippen LogP contribution >= 0.6 is 0 Å². The first kappa shape index (κ1) is 56.1. The van der Waals surface area contributed by atoms with Crippen molar-refractivity contribution in [2.75, 3.05) is 26.3 Å². The van der Waals surface area contributed by atoms with E-state index in [2.05, 4.69) is 37.2 Å². The van der Waals surface area contributed by atoms with Crippen molar-refractivity contribution < 1.29 is 83.4 Å². The maximum Gasteiger partial charge on any atom is 0.328 e. The van der Waals surface area contributed by atoms with Gasteiger partial charge in [-0.15, -0.1) is 0 Å². The second kappa shape index (κ2) is 25.6. The molecule has 0 aliphatic carbocycles. The number of aliphatic hydroxyl groups is 4. The van der Waals surface area contributed by atoms with E-state index >= 15 is 0 Å². The molecule has 2 aliphatic heterocycles. The van der Waals surface area contributed by atoms with Gasteiger partial charge in [0.25, 0.3) is 0 Å². The predicted molar refractivity (Wildman–Crippen MR) is 225 cm³/mol. The Labute approximate surface area is 379 Å². The summed E-state index contributed by atoms with van der Waals surface area (Å²) >= 11 is 0. The summed E-state index contributed by atoms with van der Waals surface area (Å²) in [6, 6.07) is -14.7. The first-order valence-corrected chi connectivity index (χ1v) is 21.3. The van der Waals surface area contributed by atoms with Crippen molar-refractivity contribution in [2.24, 2.45) is 11.7 Å². The second-order valence-electron chi connectivity index (χ2n) is 16.6. The minimum atomic E-state index is -1.81. The molecule has 0 spiro atoms. The molecule has 66 heavy (non-hydrogen) atoms. The molecule has 0 saturated carbocycles. The van der Waals surface area contributed by atoms with E-state index in [1.165, 1.54) is 34.6 Å². The van der Waals surface area contributed by atoms with E-state index < -0.39 is 163 Å². The number of amides is 9. The molecule has 0 aromatic rings. The smallest absolute Gasteiger partial charge is 0.328 e. The summed E-state index contributed by atoms with van der Waals surface area (Å²) in [4.78, 5) is 143. The lowest BCUT2D eigenvalue weighted by atomic mass is 10.0. The van der Waals surface area contributed by atoms with Crippen LogP contribution in [0.4, 0.5) is 0 Å². The van der Waals surface area contributed by atoms with Gasteiger partial charge in [-0.1, -0.05) is 13.8 Å². The lowest BCUT2D eigenvalue weighted by molar-refractivity contribution is -0.145. The van der Waals surface area contributed by atoms with Crippen LogP contribution in [0.25, 0.3) is 0 Å². The van der Waals surface area contributed by atoms with Gasteiger partial charge in [0, 0.05) is 13.1 Å². The molecular formula is C39H64N10O17. The van der Waals surface area contributed by atoms with Gasteiger partial charge in [-0.25, -0.2) is 4.79 Å². The largest absolute Gasteiger partial charge is 0.481 e. The summed E-state index contributed by atoms with van der Waals surface area (Å²) < 4.78 is 0. The van der Waals surface area contributed by atoms with Gasteiger partial charge in [-0.2, -0.15) is 0 Å². The number of hydrogen-bond acceptors (Lipinski definition) is 16. The zero-order chi connectivity index (χ0) is 50.3. The van der Waals surface area contributed by atoms with Gasteiger partial charge in [-0.3, -0.25) is 47.9 Å². The number of nitrogens with one attached hydrogen (secondary N) is 7. The van der Waals surface area contributed by atoms with Crippen LogP contribution in [0.15, 0.2) is 0 Å². The van der Waals surface area contributed by atoms with Crippen LogP contribution in [-0.4, -0.2) is 204 Å². The zero-order valence-electron chi connectivity index (χ0n) is 37.5. The van der Waals surface area contributed by atoms with Crippen LogP contribution in [0.3, 0.4) is 0 Å². The fourth-order valence-corrected chi connectivity index (χ4v) is 7.08. The molecule has 9 amide bonds. The van der Waals surface area contributed by atoms with E-state index in [0.29, 0.717) is 12.8 Å². The third-order valence-electron chi connectivity index (χ3n) is 10.9. The fourth-order valence-electron chi connectivity index (χ4n) is 7.08. The van der Waals surface area contributed by atoms with Crippen LogP contribution in [0.2, 0.25) is 0 Å². The minimum Gasteiger partial charge on any atom is -0.481 e. The van der Waals surface area contributed by atoms with E-state index in [0.717, 1.165) is 16.7 Å². The Morgan fingerprint density at radius 2 is 1.02 bits per heavy atom. The molecule has 0 radical (unpaired) electrons. The molecule has 2 rings (SSSR count). The van der Waals surface area contributed by atoms with Gasteiger partial charge in [0.2, 0.25) is 53.2 Å². The molecule has 27 heteroatoms. The number of hydrogen-bond donors (Lipinski definition) is 14. The molecule has 15 N–H and O–H groups in total. The summed E-state index contributed by atoms with van der Waals surface area (Å²) in [6.07, 6.45) is -3.02. The lowest BCUT2D eigenvalue weighted by Gasteiger charge is -2.32. The first-order valence-electron chi connectivity index (χ1n) is 21.3. The SMILES string of the molecule is CC(C)[C@H](NC(=O)[C@@H](NC(=O)[C@H](CO)NC(=O)[C@@H]1CCCN1C(=O)[C@H](C)NC(=O)[C@@H](N)CC(=O)O)[C@@H](C)O)C(=O)N[C@H](C(=O)N1CCC[C@H]1C(=O)N[C@@H](C)C(=O)N[C@@H](CO)C(=O)O)[C@@H](C)O. The molecule has 0 unspecified atom stereocenters. The zero-order valence-corrected chi connectivity index (χ0v) is 37.5. The van der Waals surface area contributed by atoms with E-state index in [9.17, 15) is 73.2 Å². The van der Waals surface area contributed by atoms with Crippen molar-refractivity contribution >= 4 is 65.1 Å². The van der Waals surface area contributed by atoms with E-state index in [1.807, 2.05) is 0 Å². The summed E-state index contributed by atoms with van der Waals surface area (Å²) in [5, 5.41) is 74.5. The number of aliphatic carboxylic acids is 2. The molecule has 0 aromatic carbocycles. The van der Waals surface area contributed by atoms with Crippen LogP contribution < -0.4 is 43.0 Å². The average molecular weight is 945 g/mol. The van der Waals surface area contributed by atoms with Crippen molar-refractivity contribution in [1.29, 1.82) is 0 Å². The molecule has 0 bridgehead atoms. The number of nitrogens with zero attached hydrogens (tertiary/aromatic N) is 2. The highest BCUT2D eigenvalue weighted by molar-refractivity contribution is 5.99. The number of rotatable bonds is 24. The molecule has 12 atom stereocenters. The highest BCUT2D eigenvalue weighted by Crippen LogP contribution is 2.21. The summed E-state index contributed by atoms with van der Waals surface area (Å²) in [5.41, 5.74) is 5.56. The second-order valence-corrected chi connectivity index (χ2v) is 16.6. The third-order valence-corrected chi connectivity index (χ3v) is 10.9.